The number of benzene rings is 1. The lowest BCUT2D eigenvalue weighted by molar-refractivity contribution is -0.105. The fourth-order valence-corrected chi connectivity index (χ4v) is 1.44. The average Bonchev–Trinajstić information content (AvgIpc) is 2.07. The van der Waals surface area contributed by atoms with Crippen LogP contribution in [0.4, 0.5) is 0 Å². The molecule has 1 aromatic carbocycles. The van der Waals surface area contributed by atoms with Crippen LogP contribution in [0.2, 0.25) is 0 Å². The zero-order chi connectivity index (χ0) is 7.94. The number of aldehydes is 1. The van der Waals surface area contributed by atoms with Gasteiger partial charge in [-0.1, -0.05) is 30.3 Å². The van der Waals surface area contributed by atoms with Gasteiger partial charge >= 0.3 is 0 Å². The maximum absolute atomic E-state index is 9.97. The second-order valence-corrected chi connectivity index (χ2v) is 3.20. The van der Waals surface area contributed by atoms with Crippen LogP contribution >= 0.6 is 11.8 Å². The second-order valence-electron chi connectivity index (χ2n) is 2.17. The highest BCUT2D eigenvalue weighted by Crippen LogP contribution is 2.09. The molecule has 0 saturated heterocycles. The molecule has 2 heteroatoms. The average molecular weight is 166 g/mol. The maximum atomic E-state index is 9.97. The molecule has 0 fully saturated rings. The van der Waals surface area contributed by atoms with E-state index in [1.54, 1.807) is 11.8 Å². The van der Waals surface area contributed by atoms with E-state index in [4.69, 9.17) is 0 Å². The van der Waals surface area contributed by atoms with Crippen molar-refractivity contribution in [2.45, 2.75) is 5.75 Å². The fourth-order valence-electron chi connectivity index (χ4n) is 0.799. The van der Waals surface area contributed by atoms with E-state index in [9.17, 15) is 4.79 Å². The number of thioether (sulfide) groups is 1. The van der Waals surface area contributed by atoms with E-state index >= 15 is 0 Å². The van der Waals surface area contributed by atoms with Gasteiger partial charge in [-0.2, -0.15) is 0 Å². The summed E-state index contributed by atoms with van der Waals surface area (Å²) in [6, 6.07) is 10.1. The molecular formula is C9H10OS. The highest BCUT2D eigenvalue weighted by Gasteiger charge is 1.89. The first-order valence-corrected chi connectivity index (χ1v) is 4.64. The van der Waals surface area contributed by atoms with E-state index in [1.165, 1.54) is 5.56 Å². The smallest absolute Gasteiger partial charge is 0.129 e. The summed E-state index contributed by atoms with van der Waals surface area (Å²) in [7, 11) is 0. The van der Waals surface area contributed by atoms with Gasteiger partial charge in [0.2, 0.25) is 0 Å². The first kappa shape index (κ1) is 8.34. The molecule has 1 nitrogen and oxygen atoms in total. The van der Waals surface area contributed by atoms with Gasteiger partial charge in [0.1, 0.15) is 6.29 Å². The summed E-state index contributed by atoms with van der Waals surface area (Å²) in [5, 5.41) is 0. The third-order valence-corrected chi connectivity index (χ3v) is 2.21. The highest BCUT2D eigenvalue weighted by atomic mass is 32.2. The molecule has 58 valence electrons. The normalized spacial score (nSPS) is 9.45. The molecule has 0 aromatic heterocycles. The minimum atomic E-state index is 0.592. The van der Waals surface area contributed by atoms with Gasteiger partial charge in [0.25, 0.3) is 0 Å². The Labute approximate surface area is 70.8 Å². The third-order valence-electron chi connectivity index (χ3n) is 1.30. The van der Waals surface area contributed by atoms with Gasteiger partial charge in [0.05, 0.1) is 0 Å². The van der Waals surface area contributed by atoms with Crippen molar-refractivity contribution in [3.63, 3.8) is 0 Å². The Morgan fingerprint density at radius 3 is 2.64 bits per heavy atom. The van der Waals surface area contributed by atoms with Gasteiger partial charge in [-0.3, -0.25) is 0 Å². The van der Waals surface area contributed by atoms with Gasteiger partial charge in [0.15, 0.2) is 0 Å². The van der Waals surface area contributed by atoms with Crippen LogP contribution in [0.5, 0.6) is 0 Å². The summed E-state index contributed by atoms with van der Waals surface area (Å²) in [6.07, 6.45) is 0.938. The molecule has 0 N–H and O–H groups in total. The lowest BCUT2D eigenvalue weighted by atomic mass is 10.2. The molecule has 11 heavy (non-hydrogen) atoms. The fraction of sp³-hybridized carbons (Fsp3) is 0.222. The Balaban J connectivity index is 2.33. The molecule has 0 aliphatic heterocycles. The lowest BCUT2D eigenvalue weighted by Crippen LogP contribution is -1.82. The molecule has 0 heterocycles. The van der Waals surface area contributed by atoms with Crippen LogP contribution in [0.3, 0.4) is 0 Å². The molecule has 0 bridgehead atoms. The summed E-state index contributed by atoms with van der Waals surface area (Å²) >= 11 is 1.64. The van der Waals surface area contributed by atoms with Crippen molar-refractivity contribution in [3.8, 4) is 0 Å². The van der Waals surface area contributed by atoms with E-state index in [-0.39, 0.29) is 0 Å². The molecule has 0 amide bonds. The minimum absolute atomic E-state index is 0.592. The summed E-state index contributed by atoms with van der Waals surface area (Å²) < 4.78 is 0. The molecule has 0 radical (unpaired) electrons. The van der Waals surface area contributed by atoms with Gasteiger partial charge in [-0.15, -0.1) is 11.8 Å². The number of hydrogen-bond acceptors (Lipinski definition) is 2. The van der Waals surface area contributed by atoms with Crippen LogP contribution in [0.15, 0.2) is 30.3 Å². The first-order valence-electron chi connectivity index (χ1n) is 3.49. The van der Waals surface area contributed by atoms with Gasteiger partial charge < -0.3 is 4.79 Å². The monoisotopic (exact) mass is 166 g/mol. The molecule has 0 unspecified atom stereocenters. The standard InChI is InChI=1S/C9H10OS/c10-6-7-11-8-9-4-2-1-3-5-9/h1-6H,7-8H2. The first-order chi connectivity index (χ1) is 5.43. The van der Waals surface area contributed by atoms with Crippen LogP contribution in [0.1, 0.15) is 5.56 Å². The summed E-state index contributed by atoms with van der Waals surface area (Å²) in [5.74, 6) is 1.52. The van der Waals surface area contributed by atoms with Crippen molar-refractivity contribution < 1.29 is 4.79 Å². The highest BCUT2D eigenvalue weighted by molar-refractivity contribution is 7.99. The number of carbonyl (C=O) groups excluding carboxylic acids is 1. The van der Waals surface area contributed by atoms with Crippen LogP contribution in [0.25, 0.3) is 0 Å². The third kappa shape index (κ3) is 3.23. The molecule has 0 atom stereocenters. The SMILES string of the molecule is O=CCSCc1ccccc1. The van der Waals surface area contributed by atoms with Crippen LogP contribution in [-0.4, -0.2) is 12.0 Å². The Bertz CT molecular complexity index is 208. The molecule has 1 rings (SSSR count). The van der Waals surface area contributed by atoms with Crippen molar-refractivity contribution in [2.75, 3.05) is 5.75 Å². The van der Waals surface area contributed by atoms with Gasteiger partial charge in [-0.25, -0.2) is 0 Å². The molecule has 0 spiro atoms. The Kier molecular flexibility index (Phi) is 3.76. The van der Waals surface area contributed by atoms with Crippen LogP contribution in [0, 0.1) is 0 Å². The van der Waals surface area contributed by atoms with E-state index in [0.717, 1.165) is 12.0 Å². The van der Waals surface area contributed by atoms with Crippen molar-refractivity contribution in [1.82, 2.24) is 0 Å². The largest absolute Gasteiger partial charge is 0.302 e. The van der Waals surface area contributed by atoms with E-state index < -0.39 is 0 Å². The predicted molar refractivity (Wildman–Crippen MR) is 48.7 cm³/mol. The lowest BCUT2D eigenvalue weighted by Gasteiger charge is -1.96. The van der Waals surface area contributed by atoms with Gasteiger partial charge in [-0.05, 0) is 5.56 Å². The summed E-state index contributed by atoms with van der Waals surface area (Å²) in [6.45, 7) is 0. The van der Waals surface area contributed by atoms with Crippen LogP contribution in [-0.2, 0) is 10.5 Å². The zero-order valence-electron chi connectivity index (χ0n) is 6.19. The maximum Gasteiger partial charge on any atom is 0.129 e. The van der Waals surface area contributed by atoms with E-state index in [0.29, 0.717) is 5.75 Å². The van der Waals surface area contributed by atoms with Crippen LogP contribution < -0.4 is 0 Å². The molecule has 0 saturated carbocycles. The Hall–Kier alpha value is -0.760. The van der Waals surface area contributed by atoms with E-state index in [2.05, 4.69) is 12.1 Å². The molecular weight excluding hydrogens is 156 g/mol. The predicted octanol–water partition coefficient (Wildman–Crippen LogP) is 2.12. The quantitative estimate of drug-likeness (QED) is 0.503. The summed E-state index contributed by atoms with van der Waals surface area (Å²) in [4.78, 5) is 9.97. The molecule has 0 aliphatic rings. The number of carbonyl (C=O) groups is 1. The van der Waals surface area contributed by atoms with E-state index in [1.807, 2.05) is 18.2 Å². The molecule has 1 aromatic rings. The minimum Gasteiger partial charge on any atom is -0.302 e. The summed E-state index contributed by atoms with van der Waals surface area (Å²) in [5.41, 5.74) is 1.28. The zero-order valence-corrected chi connectivity index (χ0v) is 7.01. The van der Waals surface area contributed by atoms with Crippen molar-refractivity contribution >= 4 is 18.0 Å². The Morgan fingerprint density at radius 2 is 2.00 bits per heavy atom. The Morgan fingerprint density at radius 1 is 1.27 bits per heavy atom. The van der Waals surface area contributed by atoms with Crippen molar-refractivity contribution in [1.29, 1.82) is 0 Å². The van der Waals surface area contributed by atoms with Crippen molar-refractivity contribution in [3.05, 3.63) is 35.9 Å². The number of rotatable bonds is 4. The molecule has 0 aliphatic carbocycles. The van der Waals surface area contributed by atoms with Gasteiger partial charge in [0, 0.05) is 11.5 Å². The van der Waals surface area contributed by atoms with Crippen molar-refractivity contribution in [2.24, 2.45) is 0 Å². The second kappa shape index (κ2) is 4.97. The topological polar surface area (TPSA) is 17.1 Å². The number of hydrogen-bond donors (Lipinski definition) is 0.